The number of hydrogen-bond donors (Lipinski definition) is 2. The molecule has 1 aliphatic heterocycles. The van der Waals surface area contributed by atoms with Crippen LogP contribution in [0.3, 0.4) is 0 Å². The molecule has 176 valence electrons. The van der Waals surface area contributed by atoms with E-state index in [1.165, 1.54) is 43.6 Å². The molecule has 0 aliphatic carbocycles. The molecule has 0 spiro atoms. The van der Waals surface area contributed by atoms with Crippen LogP contribution in [0.25, 0.3) is 0 Å². The van der Waals surface area contributed by atoms with Gasteiger partial charge in [0, 0.05) is 41.9 Å². The van der Waals surface area contributed by atoms with Gasteiger partial charge in [-0.2, -0.15) is 0 Å². The minimum absolute atomic E-state index is 0.00270. The second-order valence-corrected chi connectivity index (χ2v) is 7.53. The maximum absolute atomic E-state index is 13.0. The molecule has 11 heteroatoms. The maximum Gasteiger partial charge on any atom is 0.336 e. The fourth-order valence-corrected chi connectivity index (χ4v) is 3.80. The van der Waals surface area contributed by atoms with Gasteiger partial charge in [-0.25, -0.2) is 4.79 Å². The van der Waals surface area contributed by atoms with Gasteiger partial charge in [0.15, 0.2) is 0 Å². The van der Waals surface area contributed by atoms with Gasteiger partial charge in [-0.15, -0.1) is 0 Å². The normalized spacial score (nSPS) is 17.5. The van der Waals surface area contributed by atoms with E-state index in [1.54, 1.807) is 19.1 Å². The smallest absolute Gasteiger partial charge is 0.336 e. The Morgan fingerprint density at radius 1 is 1.21 bits per heavy atom. The molecule has 2 aromatic rings. The molecule has 1 aromatic carbocycles. The second-order valence-electron chi connectivity index (χ2n) is 7.53. The second kappa shape index (κ2) is 10.5. The topological polar surface area (TPSA) is 161 Å². The maximum atomic E-state index is 13.0. The van der Waals surface area contributed by atoms with Crippen LogP contribution in [-0.4, -0.2) is 51.7 Å². The predicted octanol–water partition coefficient (Wildman–Crippen LogP) is 2.50. The van der Waals surface area contributed by atoms with E-state index in [4.69, 9.17) is 4.74 Å². The van der Waals surface area contributed by atoms with Crippen LogP contribution in [-0.2, 0) is 14.3 Å². The number of nitrogens with zero attached hydrogens (tertiary/aromatic N) is 3. The van der Waals surface area contributed by atoms with Crippen molar-refractivity contribution in [3.8, 4) is 0 Å². The molecule has 1 amide bonds. The van der Waals surface area contributed by atoms with Crippen LogP contribution in [0.1, 0.15) is 35.7 Å². The Labute approximate surface area is 194 Å². The Morgan fingerprint density at radius 3 is 2.62 bits per heavy atom. The molecule has 2 heterocycles. The standard InChI is InChI=1S/C23H22N4O7/c1-13-18(22(29)30)20(15-5-3-7-17(11-15)27(32)33)19(14(2)26-13)23(31)34-10-9-25-21(28)16-6-4-8-24-12-16/h3-8,11-12,18,20H,9-10H2,1-2H3,(H,25,28)(H,29,30)/t18?,20-/m1/s1. The van der Waals surface area contributed by atoms with Crippen molar-refractivity contribution in [3.63, 3.8) is 0 Å². The summed E-state index contributed by atoms with van der Waals surface area (Å²) in [5.41, 5.74) is 0.923. The highest BCUT2D eigenvalue weighted by molar-refractivity contribution is 6.06. The summed E-state index contributed by atoms with van der Waals surface area (Å²) in [6, 6.07) is 8.68. The van der Waals surface area contributed by atoms with Gasteiger partial charge in [-0.3, -0.25) is 29.7 Å². The van der Waals surface area contributed by atoms with Gasteiger partial charge in [0.25, 0.3) is 11.6 Å². The first-order valence-corrected chi connectivity index (χ1v) is 10.3. The molecule has 0 radical (unpaired) electrons. The number of rotatable bonds is 8. The third kappa shape index (κ3) is 5.31. The van der Waals surface area contributed by atoms with Crippen LogP contribution in [0.15, 0.2) is 65.1 Å². The molecule has 0 bridgehead atoms. The van der Waals surface area contributed by atoms with Gasteiger partial charge in [-0.05, 0) is 31.5 Å². The van der Waals surface area contributed by atoms with E-state index in [9.17, 15) is 29.6 Å². The zero-order valence-corrected chi connectivity index (χ0v) is 18.4. The highest BCUT2D eigenvalue weighted by atomic mass is 16.6. The monoisotopic (exact) mass is 466 g/mol. The van der Waals surface area contributed by atoms with E-state index in [2.05, 4.69) is 15.3 Å². The number of allylic oxidation sites excluding steroid dienone is 1. The Bertz CT molecular complexity index is 1190. The first-order valence-electron chi connectivity index (χ1n) is 10.3. The van der Waals surface area contributed by atoms with Crippen LogP contribution in [0.5, 0.6) is 0 Å². The summed E-state index contributed by atoms with van der Waals surface area (Å²) in [6.07, 6.45) is 2.93. The van der Waals surface area contributed by atoms with Crippen LogP contribution in [0, 0.1) is 16.0 Å². The number of carboxylic acid groups (broad SMARTS) is 1. The summed E-state index contributed by atoms with van der Waals surface area (Å²) < 4.78 is 5.31. The molecule has 1 aliphatic rings. The van der Waals surface area contributed by atoms with E-state index in [1.807, 2.05) is 0 Å². The van der Waals surface area contributed by atoms with Crippen molar-refractivity contribution in [2.45, 2.75) is 19.8 Å². The van der Waals surface area contributed by atoms with Gasteiger partial charge in [0.05, 0.1) is 22.6 Å². The number of amides is 1. The number of carbonyl (C=O) groups is 3. The van der Waals surface area contributed by atoms with Crippen molar-refractivity contribution in [3.05, 3.63) is 81.3 Å². The number of aliphatic imine (C=N–C) groups is 1. The van der Waals surface area contributed by atoms with Crippen LogP contribution >= 0.6 is 0 Å². The van der Waals surface area contributed by atoms with Gasteiger partial charge >= 0.3 is 11.9 Å². The summed E-state index contributed by atoms with van der Waals surface area (Å²) in [4.78, 5) is 55.9. The molecule has 2 atom stereocenters. The predicted molar refractivity (Wildman–Crippen MR) is 120 cm³/mol. The number of nitrogens with one attached hydrogen (secondary N) is 1. The van der Waals surface area contributed by atoms with E-state index in [0.29, 0.717) is 5.56 Å². The van der Waals surface area contributed by atoms with Crippen molar-refractivity contribution in [1.82, 2.24) is 10.3 Å². The number of hydrogen-bond acceptors (Lipinski definition) is 8. The summed E-state index contributed by atoms with van der Waals surface area (Å²) in [5, 5.41) is 23.7. The molecule has 1 unspecified atom stereocenters. The Kier molecular flexibility index (Phi) is 7.46. The number of ether oxygens (including phenoxy) is 1. The minimum Gasteiger partial charge on any atom is -0.481 e. The Balaban J connectivity index is 1.81. The molecule has 0 saturated carbocycles. The fraction of sp³-hybridized carbons (Fsp3) is 0.261. The molecule has 3 rings (SSSR count). The highest BCUT2D eigenvalue weighted by Gasteiger charge is 2.42. The molecule has 11 nitrogen and oxygen atoms in total. The summed E-state index contributed by atoms with van der Waals surface area (Å²) in [5.74, 6) is -4.67. The largest absolute Gasteiger partial charge is 0.481 e. The lowest BCUT2D eigenvalue weighted by molar-refractivity contribution is -0.384. The third-order valence-corrected chi connectivity index (χ3v) is 5.30. The van der Waals surface area contributed by atoms with Crippen molar-refractivity contribution >= 4 is 29.2 Å². The molecule has 2 N–H and O–H groups in total. The summed E-state index contributed by atoms with van der Waals surface area (Å²) >= 11 is 0. The first-order chi connectivity index (χ1) is 16.2. The number of aromatic nitrogens is 1. The van der Waals surface area contributed by atoms with E-state index < -0.39 is 34.6 Å². The number of benzene rings is 1. The van der Waals surface area contributed by atoms with Gasteiger partial charge in [0.2, 0.25) is 0 Å². The number of aliphatic carboxylic acids is 1. The summed E-state index contributed by atoms with van der Waals surface area (Å²) in [7, 11) is 0. The van der Waals surface area contributed by atoms with Crippen LogP contribution in [0.4, 0.5) is 5.69 Å². The van der Waals surface area contributed by atoms with Gasteiger partial charge in [0.1, 0.15) is 12.5 Å². The number of carboxylic acids is 1. The summed E-state index contributed by atoms with van der Waals surface area (Å²) in [6.45, 7) is 2.91. The minimum atomic E-state index is -1.22. The van der Waals surface area contributed by atoms with Gasteiger partial charge in [-0.1, -0.05) is 12.1 Å². The zero-order chi connectivity index (χ0) is 24.8. The Morgan fingerprint density at radius 2 is 1.97 bits per heavy atom. The number of non-ortho nitro benzene ring substituents is 1. The molecular formula is C23H22N4O7. The SMILES string of the molecule is CC1=NC(C)=C(C(=O)OCCNC(=O)c2cccnc2)[C@H](c2cccc([N+](=O)[O-])c2)C1C(=O)O. The average molecular weight is 466 g/mol. The quantitative estimate of drug-likeness (QED) is 0.260. The number of nitro groups is 1. The Hall–Kier alpha value is -4.41. The molecular weight excluding hydrogens is 444 g/mol. The zero-order valence-electron chi connectivity index (χ0n) is 18.4. The third-order valence-electron chi connectivity index (χ3n) is 5.30. The fourth-order valence-electron chi connectivity index (χ4n) is 3.80. The van der Waals surface area contributed by atoms with E-state index >= 15 is 0 Å². The van der Waals surface area contributed by atoms with Crippen LogP contribution in [0.2, 0.25) is 0 Å². The number of pyridine rings is 1. The van der Waals surface area contributed by atoms with Crippen molar-refractivity contribution in [1.29, 1.82) is 0 Å². The van der Waals surface area contributed by atoms with Crippen molar-refractivity contribution in [2.75, 3.05) is 13.2 Å². The highest BCUT2D eigenvalue weighted by Crippen LogP contribution is 2.40. The van der Waals surface area contributed by atoms with Crippen molar-refractivity contribution in [2.24, 2.45) is 10.9 Å². The molecule has 0 fully saturated rings. The number of carbonyl (C=O) groups excluding carboxylic acids is 2. The van der Waals surface area contributed by atoms with Crippen molar-refractivity contribution < 1.29 is 29.2 Å². The van der Waals surface area contributed by atoms with Crippen LogP contribution < -0.4 is 5.32 Å². The van der Waals surface area contributed by atoms with E-state index in [0.717, 1.165) is 0 Å². The lowest BCUT2D eigenvalue weighted by Crippen LogP contribution is -2.36. The molecule has 34 heavy (non-hydrogen) atoms. The van der Waals surface area contributed by atoms with Gasteiger partial charge < -0.3 is 15.2 Å². The number of esters is 1. The van der Waals surface area contributed by atoms with E-state index in [-0.39, 0.29) is 41.4 Å². The average Bonchev–Trinajstić information content (AvgIpc) is 2.81. The number of nitro benzene ring substituents is 1. The lowest BCUT2D eigenvalue weighted by Gasteiger charge is -2.30. The first kappa shape index (κ1) is 24.2. The lowest BCUT2D eigenvalue weighted by atomic mass is 9.75. The molecule has 0 saturated heterocycles. The molecule has 1 aromatic heterocycles.